The number of carbonyl (C=O) groups is 2. The average molecular weight is 252 g/mol. The minimum Gasteiger partial charge on any atom is -0.479 e. The second-order valence-corrected chi connectivity index (χ2v) is 3.64. The van der Waals surface area contributed by atoms with Crippen molar-refractivity contribution in [2.75, 3.05) is 11.9 Å². The molecule has 0 aromatic heterocycles. The van der Waals surface area contributed by atoms with Crippen molar-refractivity contribution in [1.82, 2.24) is 0 Å². The average Bonchev–Trinajstić information content (AvgIpc) is 2.63. The highest BCUT2D eigenvalue weighted by Gasteiger charge is 2.25. The number of carboxylic acids is 1. The number of carbonyl (C=O) groups excluding carboxylic acids is 1. The van der Waals surface area contributed by atoms with E-state index in [9.17, 15) is 19.7 Å². The van der Waals surface area contributed by atoms with Crippen LogP contribution in [0.2, 0.25) is 0 Å². The van der Waals surface area contributed by atoms with E-state index in [0.29, 0.717) is 11.3 Å². The number of carboxylic acid groups (broad SMARTS) is 1. The fourth-order valence-electron chi connectivity index (χ4n) is 1.64. The molecule has 0 fully saturated rings. The van der Waals surface area contributed by atoms with Crippen LogP contribution in [0, 0.1) is 10.1 Å². The lowest BCUT2D eigenvalue weighted by Gasteiger charge is -2.06. The van der Waals surface area contributed by atoms with E-state index in [4.69, 9.17) is 9.84 Å². The van der Waals surface area contributed by atoms with Crippen molar-refractivity contribution in [2.24, 2.45) is 0 Å². The summed E-state index contributed by atoms with van der Waals surface area (Å²) in [7, 11) is 0. The molecule has 0 aliphatic carbocycles. The highest BCUT2D eigenvalue weighted by molar-refractivity contribution is 5.99. The minimum atomic E-state index is -1.24. The number of hydrogen-bond acceptors (Lipinski definition) is 5. The van der Waals surface area contributed by atoms with Crippen LogP contribution < -0.4 is 10.1 Å². The molecule has 1 amide bonds. The van der Waals surface area contributed by atoms with Crippen LogP contribution in [0.1, 0.15) is 5.56 Å². The largest absolute Gasteiger partial charge is 0.479 e. The molecule has 0 bridgehead atoms. The Kier molecular flexibility index (Phi) is 2.84. The normalized spacial score (nSPS) is 12.8. The van der Waals surface area contributed by atoms with Gasteiger partial charge in [0.05, 0.1) is 11.3 Å². The zero-order chi connectivity index (χ0) is 13.3. The summed E-state index contributed by atoms with van der Waals surface area (Å²) in [5.41, 5.74) is 0.548. The van der Waals surface area contributed by atoms with Gasteiger partial charge in [0.2, 0.25) is 5.91 Å². The van der Waals surface area contributed by atoms with Crippen LogP contribution in [-0.2, 0) is 16.0 Å². The van der Waals surface area contributed by atoms with Crippen molar-refractivity contribution < 1.29 is 24.4 Å². The first-order valence-electron chi connectivity index (χ1n) is 4.93. The number of nitrogens with one attached hydrogen (secondary N) is 1. The predicted octanol–water partition coefficient (Wildman–Crippen LogP) is 0.553. The van der Waals surface area contributed by atoms with E-state index >= 15 is 0 Å². The summed E-state index contributed by atoms with van der Waals surface area (Å²) in [6, 6.07) is 2.48. The molecule has 0 radical (unpaired) electrons. The SMILES string of the molecule is O=C(O)COc1cc2c(cc1[N+](=O)[O-])CC(=O)N2. The molecule has 1 aliphatic rings. The molecule has 1 aromatic carbocycles. The van der Waals surface area contributed by atoms with Crippen LogP contribution in [0.15, 0.2) is 12.1 Å². The monoisotopic (exact) mass is 252 g/mol. The van der Waals surface area contributed by atoms with Crippen LogP contribution in [0.5, 0.6) is 5.75 Å². The number of amides is 1. The van der Waals surface area contributed by atoms with Gasteiger partial charge in [0.25, 0.3) is 0 Å². The van der Waals surface area contributed by atoms with Crippen LogP contribution in [0.25, 0.3) is 0 Å². The van der Waals surface area contributed by atoms with Crippen molar-refractivity contribution in [3.8, 4) is 5.75 Å². The Morgan fingerprint density at radius 3 is 2.89 bits per heavy atom. The van der Waals surface area contributed by atoms with Gasteiger partial charge in [-0.1, -0.05) is 0 Å². The molecule has 1 heterocycles. The Balaban J connectivity index is 2.38. The molecular formula is C10H8N2O6. The number of nitro groups is 1. The number of nitro benzene ring substituents is 1. The summed E-state index contributed by atoms with van der Waals surface area (Å²) in [4.78, 5) is 31.7. The summed E-state index contributed by atoms with van der Waals surface area (Å²) in [5, 5.41) is 21.8. The third-order valence-electron chi connectivity index (χ3n) is 2.36. The second-order valence-electron chi connectivity index (χ2n) is 3.64. The van der Waals surface area contributed by atoms with Crippen LogP contribution in [0.3, 0.4) is 0 Å². The molecule has 8 heteroatoms. The fourth-order valence-corrected chi connectivity index (χ4v) is 1.64. The number of anilines is 1. The minimum absolute atomic E-state index is 0.0649. The van der Waals surface area contributed by atoms with E-state index < -0.39 is 17.5 Å². The van der Waals surface area contributed by atoms with Crippen molar-refractivity contribution in [2.45, 2.75) is 6.42 Å². The van der Waals surface area contributed by atoms with Gasteiger partial charge in [0.15, 0.2) is 12.4 Å². The van der Waals surface area contributed by atoms with Gasteiger partial charge in [0.1, 0.15) is 0 Å². The molecule has 1 aliphatic heterocycles. The van der Waals surface area contributed by atoms with E-state index in [0.717, 1.165) is 0 Å². The molecule has 0 saturated heterocycles. The van der Waals surface area contributed by atoms with Gasteiger partial charge in [-0.25, -0.2) is 4.79 Å². The zero-order valence-corrected chi connectivity index (χ0v) is 9.00. The number of aliphatic carboxylic acids is 1. The van der Waals surface area contributed by atoms with Gasteiger partial charge in [-0.15, -0.1) is 0 Å². The van der Waals surface area contributed by atoms with Crippen LogP contribution in [0.4, 0.5) is 11.4 Å². The summed E-state index contributed by atoms with van der Waals surface area (Å²) in [5.74, 6) is -1.69. The molecule has 0 atom stereocenters. The first kappa shape index (κ1) is 11.8. The smallest absolute Gasteiger partial charge is 0.341 e. The summed E-state index contributed by atoms with van der Waals surface area (Å²) < 4.78 is 4.83. The zero-order valence-electron chi connectivity index (χ0n) is 9.00. The molecule has 0 unspecified atom stereocenters. The topological polar surface area (TPSA) is 119 Å². The number of nitrogens with zero attached hydrogens (tertiary/aromatic N) is 1. The number of hydrogen-bond donors (Lipinski definition) is 2. The molecule has 0 saturated carbocycles. The highest BCUT2D eigenvalue weighted by Crippen LogP contribution is 2.36. The lowest BCUT2D eigenvalue weighted by Crippen LogP contribution is -2.10. The van der Waals surface area contributed by atoms with Crippen LogP contribution in [-0.4, -0.2) is 28.5 Å². The maximum Gasteiger partial charge on any atom is 0.341 e. The van der Waals surface area contributed by atoms with E-state index in [1.165, 1.54) is 12.1 Å². The van der Waals surface area contributed by atoms with E-state index in [1.54, 1.807) is 0 Å². The molecule has 0 spiro atoms. The van der Waals surface area contributed by atoms with Gasteiger partial charge in [-0.05, 0) is 5.56 Å². The number of rotatable bonds is 4. The highest BCUT2D eigenvalue weighted by atomic mass is 16.6. The summed E-state index contributed by atoms with van der Waals surface area (Å²) >= 11 is 0. The molecule has 18 heavy (non-hydrogen) atoms. The van der Waals surface area contributed by atoms with Gasteiger partial charge < -0.3 is 15.2 Å². The van der Waals surface area contributed by atoms with Gasteiger partial charge in [-0.2, -0.15) is 0 Å². The lowest BCUT2D eigenvalue weighted by molar-refractivity contribution is -0.385. The molecule has 94 valence electrons. The van der Waals surface area contributed by atoms with E-state index in [-0.39, 0.29) is 23.8 Å². The quantitative estimate of drug-likeness (QED) is 0.596. The Labute approximate surface area is 100 Å². The third kappa shape index (κ3) is 2.21. The number of benzene rings is 1. The molecule has 2 N–H and O–H groups in total. The van der Waals surface area contributed by atoms with Crippen molar-refractivity contribution in [1.29, 1.82) is 0 Å². The molecule has 1 aromatic rings. The number of fused-ring (bicyclic) bond motifs is 1. The summed E-state index contributed by atoms with van der Waals surface area (Å²) in [6.07, 6.45) is 0.0649. The maximum atomic E-state index is 11.1. The molecule has 2 rings (SSSR count). The van der Waals surface area contributed by atoms with Gasteiger partial charge >= 0.3 is 11.7 Å². The van der Waals surface area contributed by atoms with Gasteiger partial charge in [-0.3, -0.25) is 14.9 Å². The Hall–Kier alpha value is -2.64. The Morgan fingerprint density at radius 1 is 1.56 bits per heavy atom. The molecular weight excluding hydrogens is 244 g/mol. The van der Waals surface area contributed by atoms with E-state index in [2.05, 4.69) is 5.32 Å². The Morgan fingerprint density at radius 2 is 2.28 bits per heavy atom. The van der Waals surface area contributed by atoms with Gasteiger partial charge in [0, 0.05) is 17.8 Å². The fraction of sp³-hybridized carbons (Fsp3) is 0.200. The van der Waals surface area contributed by atoms with Crippen molar-refractivity contribution in [3.63, 3.8) is 0 Å². The second kappa shape index (κ2) is 4.32. The third-order valence-corrected chi connectivity index (χ3v) is 2.36. The lowest BCUT2D eigenvalue weighted by atomic mass is 10.1. The molecule has 8 nitrogen and oxygen atoms in total. The standard InChI is InChI=1S/C10H8N2O6/c13-9-2-5-1-7(12(16)17)8(3-6(5)11-9)18-4-10(14)15/h1,3H,2,4H2,(H,11,13)(H,14,15). The predicted molar refractivity (Wildman–Crippen MR) is 58.6 cm³/mol. The Bertz CT molecular complexity index is 554. The first-order valence-corrected chi connectivity index (χ1v) is 4.93. The van der Waals surface area contributed by atoms with E-state index in [1.807, 2.05) is 0 Å². The first-order chi connectivity index (χ1) is 8.47. The maximum absolute atomic E-state index is 11.1. The number of ether oxygens (including phenoxy) is 1. The van der Waals surface area contributed by atoms with Crippen LogP contribution >= 0.6 is 0 Å². The van der Waals surface area contributed by atoms with Crippen molar-refractivity contribution >= 4 is 23.3 Å². The summed E-state index contributed by atoms with van der Waals surface area (Å²) in [6.45, 7) is -0.687. The van der Waals surface area contributed by atoms with Crippen molar-refractivity contribution in [3.05, 3.63) is 27.8 Å².